The van der Waals surface area contributed by atoms with Crippen LogP contribution in [0, 0.1) is 0 Å². The molecular formula is C13H17N5OS. The lowest BCUT2D eigenvalue weighted by Crippen LogP contribution is -2.27. The van der Waals surface area contributed by atoms with Crippen LogP contribution in [-0.4, -0.2) is 27.6 Å². The lowest BCUT2D eigenvalue weighted by molar-refractivity contribution is 0.0938. The molecule has 20 heavy (non-hydrogen) atoms. The van der Waals surface area contributed by atoms with E-state index in [0.29, 0.717) is 10.1 Å². The number of pyridine rings is 1. The molecule has 1 amide bonds. The Morgan fingerprint density at radius 3 is 2.95 bits per heavy atom. The zero-order chi connectivity index (χ0) is 14.4. The second kappa shape index (κ2) is 6.95. The largest absolute Gasteiger partial charge is 0.360 e. The van der Waals surface area contributed by atoms with Crippen molar-refractivity contribution in [2.24, 2.45) is 0 Å². The number of carbonyl (C=O) groups is 1. The van der Waals surface area contributed by atoms with E-state index in [9.17, 15) is 4.79 Å². The Kier molecular flexibility index (Phi) is 5.00. The molecule has 2 aromatic rings. The zero-order valence-corrected chi connectivity index (χ0v) is 12.3. The maximum absolute atomic E-state index is 12.1. The van der Waals surface area contributed by atoms with Crippen molar-refractivity contribution in [3.05, 3.63) is 35.1 Å². The van der Waals surface area contributed by atoms with Crippen molar-refractivity contribution in [3.8, 4) is 0 Å². The van der Waals surface area contributed by atoms with E-state index in [-0.39, 0.29) is 11.9 Å². The first kappa shape index (κ1) is 14.4. The van der Waals surface area contributed by atoms with Gasteiger partial charge in [0.25, 0.3) is 5.91 Å². The fourth-order valence-electron chi connectivity index (χ4n) is 1.58. The third-order valence-electron chi connectivity index (χ3n) is 2.62. The average molecular weight is 291 g/mol. The summed E-state index contributed by atoms with van der Waals surface area (Å²) in [5.41, 5.74) is 0.815. The van der Waals surface area contributed by atoms with Crippen LogP contribution in [-0.2, 0) is 0 Å². The van der Waals surface area contributed by atoms with E-state index in [4.69, 9.17) is 0 Å². The lowest BCUT2D eigenvalue weighted by atomic mass is 10.2. The van der Waals surface area contributed by atoms with Crippen LogP contribution in [0.1, 0.15) is 41.8 Å². The quantitative estimate of drug-likeness (QED) is 0.853. The van der Waals surface area contributed by atoms with E-state index in [1.807, 2.05) is 25.1 Å². The number of nitrogens with one attached hydrogen (secondary N) is 2. The smallest absolute Gasteiger partial charge is 0.282 e. The number of anilines is 1. The van der Waals surface area contributed by atoms with Crippen LogP contribution >= 0.6 is 11.3 Å². The number of nitrogens with zero attached hydrogens (tertiary/aromatic N) is 3. The Hall–Kier alpha value is -2.02. The minimum absolute atomic E-state index is 0.167. The second-order valence-electron chi connectivity index (χ2n) is 4.29. The van der Waals surface area contributed by atoms with Crippen LogP contribution in [0.4, 0.5) is 5.13 Å². The van der Waals surface area contributed by atoms with Crippen LogP contribution in [0.5, 0.6) is 0 Å². The van der Waals surface area contributed by atoms with Crippen molar-refractivity contribution < 1.29 is 4.79 Å². The van der Waals surface area contributed by atoms with Crippen molar-refractivity contribution in [1.29, 1.82) is 0 Å². The van der Waals surface area contributed by atoms with Crippen molar-refractivity contribution in [3.63, 3.8) is 0 Å². The van der Waals surface area contributed by atoms with Gasteiger partial charge in [-0.25, -0.2) is 0 Å². The first-order chi connectivity index (χ1) is 9.70. The minimum Gasteiger partial charge on any atom is -0.360 e. The Balaban J connectivity index is 1.96. The fraction of sp³-hybridized carbons (Fsp3) is 0.385. The maximum Gasteiger partial charge on any atom is 0.282 e. The van der Waals surface area contributed by atoms with E-state index >= 15 is 0 Å². The van der Waals surface area contributed by atoms with E-state index in [2.05, 4.69) is 32.7 Å². The van der Waals surface area contributed by atoms with E-state index in [1.54, 1.807) is 6.20 Å². The average Bonchev–Trinajstić information content (AvgIpc) is 2.95. The van der Waals surface area contributed by atoms with Gasteiger partial charge in [0.1, 0.15) is 0 Å². The summed E-state index contributed by atoms with van der Waals surface area (Å²) in [5, 5.41) is 14.8. The van der Waals surface area contributed by atoms with Gasteiger partial charge in [0.15, 0.2) is 0 Å². The molecule has 106 valence electrons. The maximum atomic E-state index is 12.1. The van der Waals surface area contributed by atoms with Crippen molar-refractivity contribution >= 4 is 22.4 Å². The van der Waals surface area contributed by atoms with Gasteiger partial charge in [0, 0.05) is 12.7 Å². The molecule has 7 heteroatoms. The molecule has 0 saturated heterocycles. The molecule has 0 aliphatic heterocycles. The number of hydrogen-bond donors (Lipinski definition) is 2. The molecule has 6 nitrogen and oxygen atoms in total. The van der Waals surface area contributed by atoms with Crippen molar-refractivity contribution in [2.45, 2.75) is 26.3 Å². The third kappa shape index (κ3) is 3.74. The molecule has 0 aromatic carbocycles. The summed E-state index contributed by atoms with van der Waals surface area (Å²) in [6, 6.07) is 5.44. The summed E-state index contributed by atoms with van der Waals surface area (Å²) < 4.78 is 0. The standard InChI is InChI=1S/C13H17N5OS/c1-3-7-15-13-18-17-12(20-13)11(19)16-9(2)10-6-4-5-8-14-10/h4-6,8-9H,3,7H2,1-2H3,(H,15,18)(H,16,19). The predicted molar refractivity (Wildman–Crippen MR) is 78.8 cm³/mol. The summed E-state index contributed by atoms with van der Waals surface area (Å²) in [6.07, 6.45) is 2.70. The first-order valence-electron chi connectivity index (χ1n) is 6.50. The van der Waals surface area contributed by atoms with Gasteiger partial charge in [-0.1, -0.05) is 24.3 Å². The third-order valence-corrected chi connectivity index (χ3v) is 3.50. The highest BCUT2D eigenvalue weighted by molar-refractivity contribution is 7.17. The van der Waals surface area contributed by atoms with Gasteiger partial charge in [-0.2, -0.15) is 0 Å². The number of rotatable bonds is 6. The molecule has 0 aliphatic carbocycles. The molecular weight excluding hydrogens is 274 g/mol. The molecule has 2 heterocycles. The van der Waals surface area contributed by atoms with E-state index in [1.165, 1.54) is 11.3 Å². The number of aromatic nitrogens is 3. The molecule has 1 atom stereocenters. The van der Waals surface area contributed by atoms with Crippen molar-refractivity contribution in [1.82, 2.24) is 20.5 Å². The molecule has 0 radical (unpaired) electrons. The van der Waals surface area contributed by atoms with Crippen LogP contribution in [0.2, 0.25) is 0 Å². The van der Waals surface area contributed by atoms with Gasteiger partial charge in [-0.15, -0.1) is 10.2 Å². The van der Waals surface area contributed by atoms with Gasteiger partial charge >= 0.3 is 0 Å². The van der Waals surface area contributed by atoms with Crippen molar-refractivity contribution in [2.75, 3.05) is 11.9 Å². The summed E-state index contributed by atoms with van der Waals surface area (Å²) in [6.45, 7) is 4.77. The summed E-state index contributed by atoms with van der Waals surface area (Å²) in [4.78, 5) is 16.3. The highest BCUT2D eigenvalue weighted by atomic mass is 32.1. The highest BCUT2D eigenvalue weighted by Crippen LogP contribution is 2.16. The zero-order valence-electron chi connectivity index (χ0n) is 11.5. The van der Waals surface area contributed by atoms with Crippen LogP contribution in [0.25, 0.3) is 0 Å². The number of hydrogen-bond acceptors (Lipinski definition) is 6. The summed E-state index contributed by atoms with van der Waals surface area (Å²) >= 11 is 1.25. The van der Waals surface area contributed by atoms with Gasteiger partial charge in [0.05, 0.1) is 11.7 Å². The van der Waals surface area contributed by atoms with Crippen LogP contribution in [0.15, 0.2) is 24.4 Å². The molecule has 0 fully saturated rings. The fourth-order valence-corrected chi connectivity index (χ4v) is 2.26. The van der Waals surface area contributed by atoms with Gasteiger partial charge in [-0.3, -0.25) is 9.78 Å². The van der Waals surface area contributed by atoms with Crippen LogP contribution in [0.3, 0.4) is 0 Å². The molecule has 0 saturated carbocycles. The molecule has 0 bridgehead atoms. The second-order valence-corrected chi connectivity index (χ2v) is 5.27. The monoisotopic (exact) mass is 291 g/mol. The number of amides is 1. The summed E-state index contributed by atoms with van der Waals surface area (Å²) in [5.74, 6) is -0.231. The normalized spacial score (nSPS) is 11.9. The molecule has 2 rings (SSSR count). The highest BCUT2D eigenvalue weighted by Gasteiger charge is 2.16. The topological polar surface area (TPSA) is 79.8 Å². The molecule has 2 N–H and O–H groups in total. The Bertz CT molecular complexity index is 557. The molecule has 0 spiro atoms. The van der Waals surface area contributed by atoms with Crippen LogP contribution < -0.4 is 10.6 Å². The lowest BCUT2D eigenvalue weighted by Gasteiger charge is -2.11. The predicted octanol–water partition coefficient (Wildman–Crippen LogP) is 2.25. The van der Waals surface area contributed by atoms with E-state index < -0.39 is 0 Å². The Morgan fingerprint density at radius 2 is 2.25 bits per heavy atom. The van der Waals surface area contributed by atoms with Gasteiger partial charge in [0.2, 0.25) is 10.1 Å². The van der Waals surface area contributed by atoms with E-state index in [0.717, 1.165) is 18.7 Å². The Labute approximate surface area is 121 Å². The molecule has 1 unspecified atom stereocenters. The minimum atomic E-state index is -0.231. The van der Waals surface area contributed by atoms with Gasteiger partial charge in [-0.05, 0) is 25.5 Å². The number of carbonyl (C=O) groups excluding carboxylic acids is 1. The first-order valence-corrected chi connectivity index (χ1v) is 7.31. The molecule has 2 aromatic heterocycles. The Morgan fingerprint density at radius 1 is 1.40 bits per heavy atom. The SMILES string of the molecule is CCCNc1nnc(C(=O)NC(C)c2ccccn2)s1. The van der Waals surface area contributed by atoms with Gasteiger partial charge < -0.3 is 10.6 Å². The summed E-state index contributed by atoms with van der Waals surface area (Å²) in [7, 11) is 0. The molecule has 0 aliphatic rings.